The number of anilines is 1. The van der Waals surface area contributed by atoms with E-state index < -0.39 is 35.0 Å². The van der Waals surface area contributed by atoms with Gasteiger partial charge in [0.15, 0.2) is 17.7 Å². The zero-order chi connectivity index (χ0) is 22.0. The molecule has 1 saturated carbocycles. The maximum absolute atomic E-state index is 15.3. The van der Waals surface area contributed by atoms with Gasteiger partial charge in [0, 0.05) is 25.7 Å². The molecule has 4 atom stereocenters. The van der Waals surface area contributed by atoms with Gasteiger partial charge in [-0.15, -0.1) is 0 Å². The molecule has 1 aliphatic carbocycles. The summed E-state index contributed by atoms with van der Waals surface area (Å²) in [5, 5.41) is 13.2. The first-order valence-electron chi connectivity index (χ1n) is 9.86. The lowest BCUT2D eigenvalue weighted by atomic mass is 10.0. The standard InChI is InChI=1S/C20H20F2N4O5/c1-30-19-16-8(18(27)10(20(28)29)6-26(16)14-3-11(14)21)2-12(22)17(19)25-5-9-13(4-23)24-31-15(9)7-25/h2,6,9,11,14-15H,3-5,7,23H2,1H3,(H,28,29). The van der Waals surface area contributed by atoms with Crippen molar-refractivity contribution in [2.75, 3.05) is 31.6 Å². The van der Waals surface area contributed by atoms with Gasteiger partial charge in [-0.2, -0.15) is 0 Å². The largest absolute Gasteiger partial charge is 0.492 e. The minimum atomic E-state index is -1.46. The average molecular weight is 434 g/mol. The number of halogens is 2. The fourth-order valence-electron chi connectivity index (χ4n) is 4.56. The Hall–Kier alpha value is -3.21. The van der Waals surface area contributed by atoms with Crippen LogP contribution in [-0.4, -0.2) is 60.4 Å². The summed E-state index contributed by atoms with van der Waals surface area (Å²) in [6, 6.07) is 0.353. The van der Waals surface area contributed by atoms with Crippen LogP contribution in [0.5, 0.6) is 5.75 Å². The summed E-state index contributed by atoms with van der Waals surface area (Å²) in [5.74, 6) is -2.25. The van der Waals surface area contributed by atoms with Gasteiger partial charge in [-0.3, -0.25) is 4.79 Å². The summed E-state index contributed by atoms with van der Waals surface area (Å²) in [5.41, 5.74) is 5.28. The molecule has 9 nitrogen and oxygen atoms in total. The Kier molecular flexibility index (Phi) is 4.40. The fraction of sp³-hybridized carbons (Fsp3) is 0.450. The molecule has 2 fully saturated rings. The summed E-state index contributed by atoms with van der Waals surface area (Å²) in [7, 11) is 1.33. The topological polar surface area (TPSA) is 119 Å². The molecule has 2 aliphatic heterocycles. The van der Waals surface area contributed by atoms with Crippen LogP contribution in [0.15, 0.2) is 22.2 Å². The van der Waals surface area contributed by atoms with Crippen molar-refractivity contribution in [1.29, 1.82) is 0 Å². The molecule has 3 N–H and O–H groups in total. The number of fused-ring (bicyclic) bond motifs is 2. The summed E-state index contributed by atoms with van der Waals surface area (Å²) in [6.07, 6.45) is -0.185. The molecular formula is C20H20F2N4O5. The minimum absolute atomic E-state index is 0.0503. The van der Waals surface area contributed by atoms with Gasteiger partial charge in [-0.25, -0.2) is 13.6 Å². The van der Waals surface area contributed by atoms with Crippen LogP contribution in [0.25, 0.3) is 10.9 Å². The van der Waals surface area contributed by atoms with Crippen LogP contribution in [-0.2, 0) is 4.84 Å². The first-order chi connectivity index (χ1) is 14.8. The molecule has 2 aromatic rings. The van der Waals surface area contributed by atoms with E-state index in [1.165, 1.54) is 11.7 Å². The Labute approximate surface area is 174 Å². The van der Waals surface area contributed by atoms with Gasteiger partial charge in [0.2, 0.25) is 5.43 Å². The second-order valence-corrected chi connectivity index (χ2v) is 7.98. The van der Waals surface area contributed by atoms with Gasteiger partial charge in [-0.1, -0.05) is 5.16 Å². The molecule has 4 unspecified atom stereocenters. The molecule has 0 radical (unpaired) electrons. The Morgan fingerprint density at radius 3 is 2.81 bits per heavy atom. The lowest BCUT2D eigenvalue weighted by Gasteiger charge is -2.25. The quantitative estimate of drug-likeness (QED) is 0.728. The molecule has 1 aromatic carbocycles. The summed E-state index contributed by atoms with van der Waals surface area (Å²) in [4.78, 5) is 31.5. The highest BCUT2D eigenvalue weighted by Crippen LogP contribution is 2.46. The normalized spacial score (nSPS) is 26.6. The predicted octanol–water partition coefficient (Wildman–Crippen LogP) is 1.28. The van der Waals surface area contributed by atoms with E-state index in [0.717, 1.165) is 12.3 Å². The van der Waals surface area contributed by atoms with Crippen molar-refractivity contribution in [1.82, 2.24) is 4.57 Å². The Morgan fingerprint density at radius 1 is 1.45 bits per heavy atom. The number of benzene rings is 1. The van der Waals surface area contributed by atoms with Crippen molar-refractivity contribution < 1.29 is 28.3 Å². The lowest BCUT2D eigenvalue weighted by molar-refractivity contribution is 0.0694. The number of alkyl halides is 1. The number of methoxy groups -OCH3 is 1. The number of nitrogens with zero attached hydrogens (tertiary/aromatic N) is 3. The molecule has 11 heteroatoms. The van der Waals surface area contributed by atoms with Gasteiger partial charge in [0.05, 0.1) is 42.2 Å². The molecule has 3 aliphatic rings. The zero-order valence-electron chi connectivity index (χ0n) is 16.5. The van der Waals surface area contributed by atoms with E-state index in [9.17, 15) is 19.1 Å². The van der Waals surface area contributed by atoms with Crippen molar-refractivity contribution in [3.8, 4) is 5.75 Å². The van der Waals surface area contributed by atoms with E-state index in [2.05, 4.69) is 5.16 Å². The fourth-order valence-corrected chi connectivity index (χ4v) is 4.56. The molecule has 31 heavy (non-hydrogen) atoms. The Bertz CT molecular complexity index is 1200. The van der Waals surface area contributed by atoms with Crippen molar-refractivity contribution in [3.05, 3.63) is 33.9 Å². The van der Waals surface area contributed by atoms with Crippen molar-refractivity contribution >= 4 is 28.3 Å². The van der Waals surface area contributed by atoms with Crippen molar-refractivity contribution in [2.45, 2.75) is 24.7 Å². The second kappa shape index (κ2) is 6.91. The van der Waals surface area contributed by atoms with Crippen LogP contribution in [0, 0.1) is 11.7 Å². The maximum Gasteiger partial charge on any atom is 0.341 e. The molecule has 1 saturated heterocycles. The number of carboxylic acids is 1. The van der Waals surface area contributed by atoms with E-state index in [1.54, 1.807) is 4.90 Å². The van der Waals surface area contributed by atoms with Crippen LogP contribution >= 0.6 is 0 Å². The van der Waals surface area contributed by atoms with E-state index in [-0.39, 0.29) is 47.3 Å². The van der Waals surface area contributed by atoms with E-state index in [4.69, 9.17) is 15.3 Å². The molecular weight excluding hydrogens is 414 g/mol. The predicted molar refractivity (Wildman–Crippen MR) is 107 cm³/mol. The second-order valence-electron chi connectivity index (χ2n) is 7.98. The van der Waals surface area contributed by atoms with Gasteiger partial charge >= 0.3 is 5.97 Å². The smallest absolute Gasteiger partial charge is 0.341 e. The van der Waals surface area contributed by atoms with Crippen molar-refractivity contribution in [2.24, 2.45) is 16.8 Å². The van der Waals surface area contributed by atoms with Crippen LogP contribution in [0.2, 0.25) is 0 Å². The molecule has 0 bridgehead atoms. The number of ether oxygens (including phenoxy) is 1. The number of pyridine rings is 1. The first-order valence-corrected chi connectivity index (χ1v) is 9.86. The van der Waals surface area contributed by atoms with Gasteiger partial charge in [0.25, 0.3) is 0 Å². The number of hydrogen-bond acceptors (Lipinski definition) is 7. The third kappa shape index (κ3) is 2.87. The van der Waals surface area contributed by atoms with Gasteiger partial charge in [-0.05, 0) is 6.07 Å². The van der Waals surface area contributed by atoms with E-state index in [0.29, 0.717) is 18.8 Å². The van der Waals surface area contributed by atoms with Gasteiger partial charge < -0.3 is 29.9 Å². The Balaban J connectivity index is 1.72. The number of oxime groups is 1. The third-order valence-corrected chi connectivity index (χ3v) is 6.20. The zero-order valence-corrected chi connectivity index (χ0v) is 16.5. The average Bonchev–Trinajstić information content (AvgIpc) is 3.14. The highest BCUT2D eigenvalue weighted by molar-refractivity contribution is 5.97. The Morgan fingerprint density at radius 2 is 2.19 bits per heavy atom. The third-order valence-electron chi connectivity index (χ3n) is 6.20. The number of aromatic carboxylic acids is 1. The SMILES string of the molecule is COc1c(N2CC3ON=C(CN)C3C2)c(F)cc2c(=O)c(C(=O)O)cn(C3CC3F)c12. The molecule has 0 spiro atoms. The first kappa shape index (κ1) is 19.7. The number of carboxylic acid groups (broad SMARTS) is 1. The number of carbonyl (C=O) groups is 1. The monoisotopic (exact) mass is 434 g/mol. The number of rotatable bonds is 5. The molecule has 164 valence electrons. The molecule has 3 heterocycles. The summed E-state index contributed by atoms with van der Waals surface area (Å²) >= 11 is 0. The summed E-state index contributed by atoms with van der Waals surface area (Å²) < 4.78 is 36.2. The minimum Gasteiger partial charge on any atom is -0.492 e. The van der Waals surface area contributed by atoms with Crippen LogP contribution in [0.4, 0.5) is 14.5 Å². The van der Waals surface area contributed by atoms with Crippen LogP contribution in [0.1, 0.15) is 22.8 Å². The summed E-state index contributed by atoms with van der Waals surface area (Å²) in [6.45, 7) is 0.929. The highest BCUT2D eigenvalue weighted by atomic mass is 19.1. The van der Waals surface area contributed by atoms with Crippen LogP contribution in [0.3, 0.4) is 0 Å². The van der Waals surface area contributed by atoms with Crippen LogP contribution < -0.4 is 20.8 Å². The molecule has 1 aromatic heterocycles. The maximum atomic E-state index is 15.3. The molecule has 5 rings (SSSR count). The lowest BCUT2D eigenvalue weighted by Crippen LogP contribution is -2.28. The number of aromatic nitrogens is 1. The number of hydrogen-bond donors (Lipinski definition) is 2. The number of nitrogens with two attached hydrogens (primary N) is 1. The van der Waals surface area contributed by atoms with E-state index >= 15 is 4.39 Å². The van der Waals surface area contributed by atoms with Gasteiger partial charge in [0.1, 0.15) is 17.4 Å². The molecule has 0 amide bonds. The highest BCUT2D eigenvalue weighted by Gasteiger charge is 2.44. The van der Waals surface area contributed by atoms with Crippen molar-refractivity contribution in [3.63, 3.8) is 0 Å². The van der Waals surface area contributed by atoms with E-state index in [1.807, 2.05) is 0 Å².